The van der Waals surface area contributed by atoms with Crippen LogP contribution in [0, 0.1) is 5.92 Å². The number of rotatable bonds is 5. The average Bonchev–Trinajstić information content (AvgIpc) is 2.53. The number of nitrogens with one attached hydrogen (secondary N) is 1. The Kier molecular flexibility index (Phi) is 4.25. The van der Waals surface area contributed by atoms with E-state index in [-0.39, 0.29) is 0 Å². The van der Waals surface area contributed by atoms with Gasteiger partial charge in [0.05, 0.1) is 5.01 Å². The van der Waals surface area contributed by atoms with Gasteiger partial charge < -0.3 is 5.32 Å². The largest absolute Gasteiger partial charge is 0.319 e. The van der Waals surface area contributed by atoms with Crippen LogP contribution in [0.2, 0.25) is 0 Å². The van der Waals surface area contributed by atoms with Gasteiger partial charge in [0, 0.05) is 11.6 Å². The quantitative estimate of drug-likeness (QED) is 0.756. The van der Waals surface area contributed by atoms with E-state index in [9.17, 15) is 0 Å². The molecule has 0 aliphatic heterocycles. The first-order chi connectivity index (χ1) is 5.83. The van der Waals surface area contributed by atoms with Gasteiger partial charge in [-0.1, -0.05) is 6.92 Å². The van der Waals surface area contributed by atoms with Gasteiger partial charge in [0.1, 0.15) is 0 Å². The van der Waals surface area contributed by atoms with Crippen molar-refractivity contribution in [2.75, 3.05) is 13.6 Å². The fraction of sp³-hybridized carbons (Fsp3) is 0.667. The van der Waals surface area contributed by atoms with Crippen molar-refractivity contribution in [1.82, 2.24) is 10.3 Å². The van der Waals surface area contributed by atoms with Crippen molar-refractivity contribution in [2.24, 2.45) is 5.92 Å². The van der Waals surface area contributed by atoms with Gasteiger partial charge >= 0.3 is 0 Å². The lowest BCUT2D eigenvalue weighted by molar-refractivity contribution is 0.504. The molecule has 12 heavy (non-hydrogen) atoms. The van der Waals surface area contributed by atoms with Crippen molar-refractivity contribution in [2.45, 2.75) is 19.8 Å². The summed E-state index contributed by atoms with van der Waals surface area (Å²) in [6.45, 7) is 3.37. The van der Waals surface area contributed by atoms with E-state index in [0.717, 1.165) is 18.9 Å². The van der Waals surface area contributed by atoms with Crippen LogP contribution in [0.15, 0.2) is 11.6 Å². The van der Waals surface area contributed by atoms with Crippen molar-refractivity contribution in [3.63, 3.8) is 0 Å². The lowest BCUT2D eigenvalue weighted by Crippen LogP contribution is -2.16. The van der Waals surface area contributed by atoms with E-state index in [0.29, 0.717) is 0 Å². The van der Waals surface area contributed by atoms with Crippen molar-refractivity contribution in [1.29, 1.82) is 0 Å². The van der Waals surface area contributed by atoms with Crippen LogP contribution >= 0.6 is 11.3 Å². The summed E-state index contributed by atoms with van der Waals surface area (Å²) in [5, 5.41) is 6.48. The molecule has 1 rings (SSSR count). The maximum absolute atomic E-state index is 4.25. The minimum Gasteiger partial charge on any atom is -0.319 e. The molecule has 1 atom stereocenters. The highest BCUT2D eigenvalue weighted by atomic mass is 32.1. The third-order valence-electron chi connectivity index (χ3n) is 1.89. The van der Waals surface area contributed by atoms with E-state index >= 15 is 0 Å². The van der Waals surface area contributed by atoms with Crippen LogP contribution in [0.5, 0.6) is 0 Å². The normalized spacial score (nSPS) is 13.2. The van der Waals surface area contributed by atoms with E-state index in [1.807, 2.05) is 18.6 Å². The number of aromatic nitrogens is 1. The van der Waals surface area contributed by atoms with Gasteiger partial charge in [-0.25, -0.2) is 4.98 Å². The summed E-state index contributed by atoms with van der Waals surface area (Å²) in [5.41, 5.74) is 0. The summed E-state index contributed by atoms with van der Waals surface area (Å²) in [5.74, 6) is 0.749. The Morgan fingerprint density at radius 3 is 3.08 bits per heavy atom. The molecule has 2 nitrogen and oxygen atoms in total. The SMILES string of the molecule is CNCC(C)CCc1nccs1. The highest BCUT2D eigenvalue weighted by molar-refractivity contribution is 7.09. The summed E-state index contributed by atoms with van der Waals surface area (Å²) >= 11 is 1.75. The van der Waals surface area contributed by atoms with Gasteiger partial charge in [-0.15, -0.1) is 11.3 Å². The summed E-state index contributed by atoms with van der Waals surface area (Å²) in [6, 6.07) is 0. The zero-order chi connectivity index (χ0) is 8.81. The van der Waals surface area contributed by atoms with Crippen LogP contribution in [0.1, 0.15) is 18.4 Å². The van der Waals surface area contributed by atoms with Crippen LogP contribution in [0.25, 0.3) is 0 Å². The van der Waals surface area contributed by atoms with Gasteiger partial charge in [-0.2, -0.15) is 0 Å². The zero-order valence-corrected chi connectivity index (χ0v) is 8.53. The lowest BCUT2D eigenvalue weighted by atomic mass is 10.1. The highest BCUT2D eigenvalue weighted by Crippen LogP contribution is 2.10. The smallest absolute Gasteiger partial charge is 0.0924 e. The number of aryl methyl sites for hydroxylation is 1. The molecular weight excluding hydrogens is 168 g/mol. The molecule has 0 amide bonds. The molecule has 0 aliphatic rings. The predicted molar refractivity (Wildman–Crippen MR) is 53.5 cm³/mol. The zero-order valence-electron chi connectivity index (χ0n) is 7.71. The van der Waals surface area contributed by atoms with Crippen LogP contribution < -0.4 is 5.32 Å². The van der Waals surface area contributed by atoms with E-state index in [4.69, 9.17) is 0 Å². The molecule has 0 radical (unpaired) electrons. The fourth-order valence-electron chi connectivity index (χ4n) is 1.20. The maximum Gasteiger partial charge on any atom is 0.0924 e. The van der Waals surface area contributed by atoms with E-state index < -0.39 is 0 Å². The monoisotopic (exact) mass is 184 g/mol. The average molecular weight is 184 g/mol. The summed E-state index contributed by atoms with van der Waals surface area (Å²) in [4.78, 5) is 4.25. The van der Waals surface area contributed by atoms with Crippen molar-refractivity contribution in [3.8, 4) is 0 Å². The van der Waals surface area contributed by atoms with E-state index in [1.54, 1.807) is 11.3 Å². The molecule has 0 saturated heterocycles. The number of hydrogen-bond donors (Lipinski definition) is 1. The van der Waals surface area contributed by atoms with Crippen molar-refractivity contribution < 1.29 is 0 Å². The molecule has 1 N–H and O–H groups in total. The van der Waals surface area contributed by atoms with Gasteiger partial charge in [0.15, 0.2) is 0 Å². The third-order valence-corrected chi connectivity index (χ3v) is 2.73. The Morgan fingerprint density at radius 1 is 1.67 bits per heavy atom. The molecule has 1 aromatic rings. The molecule has 0 aromatic carbocycles. The predicted octanol–water partition coefficient (Wildman–Crippen LogP) is 1.93. The Labute approximate surface area is 78.0 Å². The van der Waals surface area contributed by atoms with Gasteiger partial charge in [0.25, 0.3) is 0 Å². The molecule has 0 bridgehead atoms. The minimum atomic E-state index is 0.749. The van der Waals surface area contributed by atoms with Gasteiger partial charge in [-0.05, 0) is 32.4 Å². The Hall–Kier alpha value is -0.410. The molecule has 1 aromatic heterocycles. The first kappa shape index (κ1) is 9.68. The molecule has 0 spiro atoms. The van der Waals surface area contributed by atoms with Gasteiger partial charge in [-0.3, -0.25) is 0 Å². The molecule has 3 heteroatoms. The van der Waals surface area contributed by atoms with Gasteiger partial charge in [0.2, 0.25) is 0 Å². The summed E-state index contributed by atoms with van der Waals surface area (Å²) in [7, 11) is 2.00. The molecule has 1 heterocycles. The first-order valence-electron chi connectivity index (χ1n) is 4.36. The molecule has 68 valence electrons. The van der Waals surface area contributed by atoms with Crippen LogP contribution in [-0.2, 0) is 6.42 Å². The molecule has 0 aliphatic carbocycles. The first-order valence-corrected chi connectivity index (χ1v) is 5.24. The van der Waals surface area contributed by atoms with Crippen molar-refractivity contribution >= 4 is 11.3 Å². The van der Waals surface area contributed by atoms with Crippen molar-refractivity contribution in [3.05, 3.63) is 16.6 Å². The third kappa shape index (κ3) is 3.32. The number of thiazole rings is 1. The second-order valence-corrected chi connectivity index (χ2v) is 4.11. The molecular formula is C9H16N2S. The molecule has 0 saturated carbocycles. The second-order valence-electron chi connectivity index (χ2n) is 3.13. The minimum absolute atomic E-state index is 0.749. The molecule has 0 fully saturated rings. The van der Waals surface area contributed by atoms with Crippen LogP contribution in [0.3, 0.4) is 0 Å². The van der Waals surface area contributed by atoms with Crippen LogP contribution in [-0.4, -0.2) is 18.6 Å². The highest BCUT2D eigenvalue weighted by Gasteiger charge is 2.02. The Balaban J connectivity index is 2.17. The van der Waals surface area contributed by atoms with Crippen LogP contribution in [0.4, 0.5) is 0 Å². The summed E-state index contributed by atoms with van der Waals surface area (Å²) in [6.07, 6.45) is 4.23. The second kappa shape index (κ2) is 5.27. The van der Waals surface area contributed by atoms with E-state index in [1.165, 1.54) is 11.4 Å². The Bertz CT molecular complexity index is 196. The Morgan fingerprint density at radius 2 is 2.50 bits per heavy atom. The summed E-state index contributed by atoms with van der Waals surface area (Å²) < 4.78 is 0. The topological polar surface area (TPSA) is 24.9 Å². The number of hydrogen-bond acceptors (Lipinski definition) is 3. The maximum atomic E-state index is 4.25. The standard InChI is InChI=1S/C9H16N2S/c1-8(7-10-2)3-4-9-11-5-6-12-9/h5-6,8,10H,3-4,7H2,1-2H3. The fourth-order valence-corrected chi connectivity index (χ4v) is 1.83. The van der Waals surface area contributed by atoms with E-state index in [2.05, 4.69) is 17.2 Å². The lowest BCUT2D eigenvalue weighted by Gasteiger charge is -2.08. The molecule has 1 unspecified atom stereocenters. The number of nitrogens with zero attached hydrogens (tertiary/aromatic N) is 1.